The zero-order valence-electron chi connectivity index (χ0n) is 10.1. The Morgan fingerprint density at radius 2 is 2.39 bits per heavy atom. The lowest BCUT2D eigenvalue weighted by Crippen LogP contribution is -2.30. The summed E-state index contributed by atoms with van der Waals surface area (Å²) in [6.07, 6.45) is 3.34. The van der Waals surface area contributed by atoms with Crippen LogP contribution in [0.1, 0.15) is 29.6 Å². The molecule has 1 aromatic carbocycles. The zero-order chi connectivity index (χ0) is 13.0. The van der Waals surface area contributed by atoms with Crippen molar-refractivity contribution in [3.63, 3.8) is 0 Å². The number of phenols is 1. The highest BCUT2D eigenvalue weighted by molar-refractivity contribution is 14.1. The molecule has 0 aliphatic carbocycles. The van der Waals surface area contributed by atoms with Crippen LogP contribution >= 0.6 is 22.6 Å². The molecule has 0 unspecified atom stereocenters. The maximum Gasteiger partial charge on any atom is 0.255 e. The summed E-state index contributed by atoms with van der Waals surface area (Å²) in [5.41, 5.74) is 0.348. The molecular formula is C13H17IN2O2. The van der Waals surface area contributed by atoms with Crippen LogP contribution in [0.25, 0.3) is 0 Å². The van der Waals surface area contributed by atoms with E-state index in [-0.39, 0.29) is 11.7 Å². The molecule has 0 saturated carbocycles. The van der Waals surface area contributed by atoms with Crippen molar-refractivity contribution in [3.8, 4) is 5.75 Å². The number of nitrogens with one attached hydrogen (secondary N) is 2. The first kappa shape index (κ1) is 13.6. The summed E-state index contributed by atoms with van der Waals surface area (Å²) in [4.78, 5) is 11.9. The smallest absolute Gasteiger partial charge is 0.255 e. The first-order valence-electron chi connectivity index (χ1n) is 6.17. The Balaban J connectivity index is 1.85. The fraction of sp³-hybridized carbons (Fsp3) is 0.462. The average Bonchev–Trinajstić information content (AvgIpc) is 2.85. The molecule has 1 amide bonds. The minimum Gasteiger partial charge on any atom is -0.507 e. The van der Waals surface area contributed by atoms with Crippen molar-refractivity contribution in [3.05, 3.63) is 27.3 Å². The van der Waals surface area contributed by atoms with Crippen LogP contribution in [0.5, 0.6) is 5.75 Å². The molecule has 1 atom stereocenters. The number of benzene rings is 1. The van der Waals surface area contributed by atoms with Gasteiger partial charge in [-0.3, -0.25) is 4.79 Å². The summed E-state index contributed by atoms with van der Waals surface area (Å²) < 4.78 is 0.938. The van der Waals surface area contributed by atoms with E-state index >= 15 is 0 Å². The molecule has 2 rings (SSSR count). The van der Waals surface area contributed by atoms with Gasteiger partial charge >= 0.3 is 0 Å². The lowest BCUT2D eigenvalue weighted by molar-refractivity contribution is 0.0949. The highest BCUT2D eigenvalue weighted by Crippen LogP contribution is 2.19. The highest BCUT2D eigenvalue weighted by atomic mass is 127. The Kier molecular flexibility index (Phi) is 4.82. The summed E-state index contributed by atoms with van der Waals surface area (Å²) in [5.74, 6) is -0.170. The third-order valence-corrected chi connectivity index (χ3v) is 3.81. The second-order valence-corrected chi connectivity index (χ2v) is 5.74. The third-order valence-electron chi connectivity index (χ3n) is 3.14. The van der Waals surface area contributed by atoms with Crippen LogP contribution in [0.15, 0.2) is 18.2 Å². The van der Waals surface area contributed by atoms with Crippen LogP contribution in [0.3, 0.4) is 0 Å². The van der Waals surface area contributed by atoms with Crippen molar-refractivity contribution >= 4 is 28.5 Å². The first-order chi connectivity index (χ1) is 8.66. The molecule has 1 aliphatic rings. The number of amides is 1. The number of halogens is 1. The van der Waals surface area contributed by atoms with E-state index in [4.69, 9.17) is 0 Å². The van der Waals surface area contributed by atoms with Crippen LogP contribution in [0.2, 0.25) is 0 Å². The molecule has 1 heterocycles. The molecule has 98 valence electrons. The van der Waals surface area contributed by atoms with E-state index in [2.05, 4.69) is 33.2 Å². The molecule has 1 saturated heterocycles. The fourth-order valence-corrected chi connectivity index (χ4v) is 2.64. The Labute approximate surface area is 120 Å². The molecule has 5 heteroatoms. The molecule has 18 heavy (non-hydrogen) atoms. The first-order valence-corrected chi connectivity index (χ1v) is 7.25. The summed E-state index contributed by atoms with van der Waals surface area (Å²) in [5, 5.41) is 15.9. The van der Waals surface area contributed by atoms with Gasteiger partial charge in [0.2, 0.25) is 0 Å². The van der Waals surface area contributed by atoms with Crippen LogP contribution in [0, 0.1) is 3.57 Å². The standard InChI is InChI=1S/C13H17IN2O2/c14-9-3-4-12(17)11(8-9)13(18)16-7-5-10-2-1-6-15-10/h3-4,8,10,15,17H,1-2,5-7H2,(H,16,18)/t10-/m1/s1. The predicted molar refractivity (Wildman–Crippen MR) is 78.8 cm³/mol. The van der Waals surface area contributed by atoms with Gasteiger partial charge in [-0.15, -0.1) is 0 Å². The summed E-state index contributed by atoms with van der Waals surface area (Å²) in [6.45, 7) is 1.72. The second-order valence-electron chi connectivity index (χ2n) is 4.50. The number of phenolic OH excluding ortho intramolecular Hbond substituents is 1. The van der Waals surface area contributed by atoms with Crippen LogP contribution in [-0.4, -0.2) is 30.1 Å². The van der Waals surface area contributed by atoms with Gasteiger partial charge in [0.25, 0.3) is 5.91 Å². The molecule has 1 aromatic rings. The van der Waals surface area contributed by atoms with Gasteiger partial charge in [-0.25, -0.2) is 0 Å². The van der Waals surface area contributed by atoms with Crippen LogP contribution in [0.4, 0.5) is 0 Å². The second kappa shape index (κ2) is 6.38. The number of carbonyl (C=O) groups is 1. The number of hydrogen-bond donors (Lipinski definition) is 3. The van der Waals surface area contributed by atoms with Crippen molar-refractivity contribution in [1.82, 2.24) is 10.6 Å². The number of aromatic hydroxyl groups is 1. The normalized spacial score (nSPS) is 18.8. The SMILES string of the molecule is O=C(NCC[C@H]1CCCN1)c1cc(I)ccc1O. The number of hydrogen-bond acceptors (Lipinski definition) is 3. The third kappa shape index (κ3) is 3.58. The lowest BCUT2D eigenvalue weighted by atomic mass is 10.1. The maximum absolute atomic E-state index is 11.9. The molecule has 1 fully saturated rings. The molecule has 0 bridgehead atoms. The minimum absolute atomic E-state index is 0.0342. The van der Waals surface area contributed by atoms with Crippen molar-refractivity contribution in [2.24, 2.45) is 0 Å². The lowest BCUT2D eigenvalue weighted by Gasteiger charge is -2.11. The van der Waals surface area contributed by atoms with E-state index in [1.165, 1.54) is 12.8 Å². The van der Waals surface area contributed by atoms with Gasteiger partial charge in [-0.1, -0.05) is 0 Å². The van der Waals surface area contributed by atoms with Crippen molar-refractivity contribution in [2.45, 2.75) is 25.3 Å². The molecule has 1 aliphatic heterocycles. The van der Waals surface area contributed by atoms with Crippen LogP contribution in [-0.2, 0) is 0 Å². The Hall–Kier alpha value is -0.820. The number of rotatable bonds is 4. The summed E-state index contributed by atoms with van der Waals surface area (Å²) >= 11 is 2.12. The molecule has 0 radical (unpaired) electrons. The molecule has 3 N–H and O–H groups in total. The molecule has 0 aromatic heterocycles. The van der Waals surface area contributed by atoms with Gasteiger partial charge in [-0.05, 0) is 66.6 Å². The van der Waals surface area contributed by atoms with Gasteiger partial charge in [0, 0.05) is 16.2 Å². The summed E-state index contributed by atoms with van der Waals surface area (Å²) in [7, 11) is 0. The van der Waals surface area contributed by atoms with Crippen molar-refractivity contribution in [1.29, 1.82) is 0 Å². The number of carbonyl (C=O) groups excluding carboxylic acids is 1. The minimum atomic E-state index is -0.205. The van der Waals surface area contributed by atoms with Gasteiger partial charge < -0.3 is 15.7 Å². The molecular weight excluding hydrogens is 343 g/mol. The Bertz CT molecular complexity index is 431. The van der Waals surface area contributed by atoms with E-state index < -0.39 is 0 Å². The van der Waals surface area contributed by atoms with Gasteiger partial charge in [0.05, 0.1) is 5.56 Å². The average molecular weight is 360 g/mol. The van der Waals surface area contributed by atoms with E-state index in [1.807, 2.05) is 0 Å². The van der Waals surface area contributed by atoms with Crippen molar-refractivity contribution in [2.75, 3.05) is 13.1 Å². The molecule has 4 nitrogen and oxygen atoms in total. The van der Waals surface area contributed by atoms with Gasteiger partial charge in [0.15, 0.2) is 0 Å². The van der Waals surface area contributed by atoms with E-state index in [1.54, 1.807) is 18.2 Å². The fourth-order valence-electron chi connectivity index (χ4n) is 2.15. The maximum atomic E-state index is 11.9. The molecule has 0 spiro atoms. The summed E-state index contributed by atoms with van der Waals surface area (Å²) in [6, 6.07) is 5.54. The topological polar surface area (TPSA) is 61.4 Å². The predicted octanol–water partition coefficient (Wildman–Crippen LogP) is 1.87. The quantitative estimate of drug-likeness (QED) is 0.719. The van der Waals surface area contributed by atoms with Gasteiger partial charge in [-0.2, -0.15) is 0 Å². The Morgan fingerprint density at radius 1 is 1.56 bits per heavy atom. The van der Waals surface area contributed by atoms with E-state index in [9.17, 15) is 9.90 Å². The zero-order valence-corrected chi connectivity index (χ0v) is 12.2. The van der Waals surface area contributed by atoms with Crippen LogP contribution < -0.4 is 10.6 Å². The largest absolute Gasteiger partial charge is 0.507 e. The monoisotopic (exact) mass is 360 g/mol. The van der Waals surface area contributed by atoms with E-state index in [0.717, 1.165) is 16.5 Å². The van der Waals surface area contributed by atoms with E-state index in [0.29, 0.717) is 18.2 Å². The highest BCUT2D eigenvalue weighted by Gasteiger charge is 2.15. The van der Waals surface area contributed by atoms with Gasteiger partial charge in [0.1, 0.15) is 5.75 Å². The van der Waals surface area contributed by atoms with Crippen molar-refractivity contribution < 1.29 is 9.90 Å². The Morgan fingerprint density at radius 3 is 3.11 bits per heavy atom.